The molecule has 1 saturated carbocycles. The summed E-state index contributed by atoms with van der Waals surface area (Å²) >= 11 is 17.0. The number of carbonyl (C=O) groups excluding carboxylic acids is 4. The van der Waals surface area contributed by atoms with E-state index in [1.807, 2.05) is 50.3 Å². The minimum absolute atomic E-state index is 0.242. The van der Waals surface area contributed by atoms with E-state index in [9.17, 15) is 24.3 Å². The maximum atomic E-state index is 13.9. The fraction of sp³-hybridized carbons (Fsp3) is 0.559. The summed E-state index contributed by atoms with van der Waals surface area (Å²) in [4.78, 5) is 57.7. The number of hydrogen-bond donors (Lipinski definition) is 4. The number of alkyl halides is 3. The highest BCUT2D eigenvalue weighted by Crippen LogP contribution is 2.40. The van der Waals surface area contributed by atoms with Gasteiger partial charge in [-0.3, -0.25) is 29.2 Å². The molecule has 11 nitrogen and oxygen atoms in total. The molecule has 0 radical (unpaired) electrons. The highest BCUT2D eigenvalue weighted by atomic mass is 35.6. The lowest BCUT2D eigenvalue weighted by Crippen LogP contribution is -2.61. The molecule has 0 unspecified atom stereocenters. The van der Waals surface area contributed by atoms with Crippen LogP contribution in [0.4, 0.5) is 0 Å². The van der Waals surface area contributed by atoms with Crippen LogP contribution in [-0.2, 0) is 23.9 Å². The smallest absolute Gasteiger partial charge is 0.325 e. The molecule has 14 heteroatoms. The Bertz CT molecular complexity index is 1520. The zero-order valence-electron chi connectivity index (χ0n) is 27.6. The SMILES string of the molecule is CC(C)[C@H](NC(=O)C1(C=Cc2ccc3ccc([C@@H](C)O)nc3c2)CCCC1)C(=O)N[C@@H](C)C(=O)N1CCC[C@@H](C(=O)OCC(Cl)(Cl)Cl)N1. The molecule has 48 heavy (non-hydrogen) atoms. The van der Waals surface area contributed by atoms with Crippen molar-refractivity contribution in [1.82, 2.24) is 26.1 Å². The first kappa shape index (κ1) is 37.9. The highest BCUT2D eigenvalue weighted by Gasteiger charge is 2.41. The first-order valence-electron chi connectivity index (χ1n) is 16.3. The molecule has 1 saturated heterocycles. The molecule has 262 valence electrons. The van der Waals surface area contributed by atoms with Crippen LogP contribution in [0.25, 0.3) is 17.0 Å². The third-order valence-electron chi connectivity index (χ3n) is 8.79. The van der Waals surface area contributed by atoms with Gasteiger partial charge < -0.3 is 20.5 Å². The van der Waals surface area contributed by atoms with Crippen LogP contribution >= 0.6 is 34.8 Å². The lowest BCUT2D eigenvalue weighted by molar-refractivity contribution is -0.152. The molecule has 2 aliphatic rings. The Morgan fingerprint density at radius 3 is 2.42 bits per heavy atom. The number of ether oxygens (including phenoxy) is 1. The van der Waals surface area contributed by atoms with Crippen LogP contribution < -0.4 is 16.1 Å². The minimum atomic E-state index is -1.76. The van der Waals surface area contributed by atoms with Crippen LogP contribution in [0.5, 0.6) is 0 Å². The minimum Gasteiger partial charge on any atom is -0.460 e. The number of halogens is 3. The summed E-state index contributed by atoms with van der Waals surface area (Å²) in [6.07, 6.45) is 7.13. The van der Waals surface area contributed by atoms with Crippen LogP contribution in [0.3, 0.4) is 0 Å². The van der Waals surface area contributed by atoms with Crippen LogP contribution in [-0.4, -0.2) is 73.9 Å². The number of aliphatic hydroxyl groups is 1. The zero-order valence-corrected chi connectivity index (χ0v) is 29.9. The van der Waals surface area contributed by atoms with Crippen LogP contribution in [0.1, 0.15) is 83.6 Å². The van der Waals surface area contributed by atoms with Crippen molar-refractivity contribution in [1.29, 1.82) is 0 Å². The summed E-state index contributed by atoms with van der Waals surface area (Å²) in [5.41, 5.74) is 4.25. The lowest BCUT2D eigenvalue weighted by atomic mass is 9.83. The van der Waals surface area contributed by atoms with Crippen LogP contribution in [0.2, 0.25) is 0 Å². The topological polar surface area (TPSA) is 150 Å². The lowest BCUT2D eigenvalue weighted by Gasteiger charge is -2.35. The molecule has 4 rings (SSSR count). The first-order valence-corrected chi connectivity index (χ1v) is 17.4. The van der Waals surface area contributed by atoms with Gasteiger partial charge in [-0.2, -0.15) is 0 Å². The Hall–Kier alpha value is -2.96. The Labute approximate surface area is 296 Å². The van der Waals surface area contributed by atoms with Crippen LogP contribution in [0, 0.1) is 11.3 Å². The molecule has 0 bridgehead atoms. The van der Waals surface area contributed by atoms with E-state index in [1.165, 1.54) is 5.01 Å². The van der Waals surface area contributed by atoms with Gasteiger partial charge in [-0.1, -0.05) is 91.8 Å². The van der Waals surface area contributed by atoms with Crippen molar-refractivity contribution in [3.8, 4) is 0 Å². The molecule has 2 heterocycles. The molecule has 2 fully saturated rings. The van der Waals surface area contributed by atoms with E-state index in [0.717, 1.165) is 29.3 Å². The summed E-state index contributed by atoms with van der Waals surface area (Å²) in [6, 6.07) is 6.90. The molecule has 1 aromatic heterocycles. The van der Waals surface area contributed by atoms with Gasteiger partial charge in [-0.05, 0) is 63.1 Å². The van der Waals surface area contributed by atoms with E-state index in [1.54, 1.807) is 19.9 Å². The molecular weight excluding hydrogens is 681 g/mol. The number of amides is 3. The van der Waals surface area contributed by atoms with Gasteiger partial charge in [0.15, 0.2) is 0 Å². The van der Waals surface area contributed by atoms with Crippen molar-refractivity contribution in [3.63, 3.8) is 0 Å². The number of nitrogens with zero attached hydrogens (tertiary/aromatic N) is 2. The van der Waals surface area contributed by atoms with Crippen molar-refractivity contribution >= 4 is 75.5 Å². The number of hydrogen-bond acceptors (Lipinski definition) is 8. The Morgan fingerprint density at radius 2 is 1.77 bits per heavy atom. The van der Waals surface area contributed by atoms with Gasteiger partial charge in [-0.25, -0.2) is 5.43 Å². The highest BCUT2D eigenvalue weighted by molar-refractivity contribution is 6.67. The average Bonchev–Trinajstić information content (AvgIpc) is 3.54. The second kappa shape index (κ2) is 16.2. The van der Waals surface area contributed by atoms with Gasteiger partial charge >= 0.3 is 5.97 Å². The van der Waals surface area contributed by atoms with Crippen LogP contribution in [0.15, 0.2) is 36.4 Å². The fourth-order valence-corrected chi connectivity index (χ4v) is 6.17. The fourth-order valence-electron chi connectivity index (χ4n) is 6.00. The van der Waals surface area contributed by atoms with Crippen molar-refractivity contribution < 1.29 is 29.0 Å². The number of fused-ring (bicyclic) bond motifs is 1. The number of aromatic nitrogens is 1. The van der Waals surface area contributed by atoms with E-state index in [-0.39, 0.29) is 11.8 Å². The molecule has 3 amide bonds. The van der Waals surface area contributed by atoms with E-state index in [0.29, 0.717) is 37.9 Å². The summed E-state index contributed by atoms with van der Waals surface area (Å²) in [6.45, 7) is 6.77. The van der Waals surface area contributed by atoms with Crippen molar-refractivity contribution in [2.45, 2.75) is 94.2 Å². The first-order chi connectivity index (χ1) is 22.6. The number of esters is 1. The average molecular weight is 725 g/mol. The quantitative estimate of drug-likeness (QED) is 0.189. The number of benzene rings is 1. The third-order valence-corrected chi connectivity index (χ3v) is 9.12. The second-order valence-corrected chi connectivity index (χ2v) is 15.5. The predicted octanol–water partition coefficient (Wildman–Crippen LogP) is 4.92. The van der Waals surface area contributed by atoms with E-state index >= 15 is 0 Å². The number of carbonyl (C=O) groups is 4. The van der Waals surface area contributed by atoms with Gasteiger partial charge in [0, 0.05) is 11.9 Å². The molecule has 1 aliphatic carbocycles. The maximum absolute atomic E-state index is 13.9. The summed E-state index contributed by atoms with van der Waals surface area (Å²) in [5, 5.41) is 17.9. The summed E-state index contributed by atoms with van der Waals surface area (Å²) in [5.74, 6) is -2.10. The Balaban J connectivity index is 1.40. The molecule has 0 spiro atoms. The molecule has 4 N–H and O–H groups in total. The van der Waals surface area contributed by atoms with Gasteiger partial charge in [0.05, 0.1) is 22.7 Å². The molecule has 1 aliphatic heterocycles. The monoisotopic (exact) mass is 723 g/mol. The number of nitrogens with one attached hydrogen (secondary N) is 3. The zero-order chi connectivity index (χ0) is 35.2. The summed E-state index contributed by atoms with van der Waals surface area (Å²) < 4.78 is 3.30. The Morgan fingerprint density at radius 1 is 1.08 bits per heavy atom. The van der Waals surface area contributed by atoms with E-state index in [4.69, 9.17) is 39.5 Å². The number of rotatable bonds is 11. The van der Waals surface area contributed by atoms with Crippen molar-refractivity contribution in [3.05, 3.63) is 47.7 Å². The van der Waals surface area contributed by atoms with Gasteiger partial charge in [-0.15, -0.1) is 0 Å². The predicted molar refractivity (Wildman–Crippen MR) is 186 cm³/mol. The number of pyridine rings is 1. The Kier molecular flexibility index (Phi) is 12.7. The normalized spacial score (nSPS) is 20.0. The molecular formula is C34H44Cl3N5O6. The van der Waals surface area contributed by atoms with E-state index in [2.05, 4.69) is 21.0 Å². The third kappa shape index (κ3) is 9.81. The van der Waals surface area contributed by atoms with E-state index < -0.39 is 57.8 Å². The number of aliphatic hydroxyl groups excluding tert-OH is 1. The molecule has 4 atom stereocenters. The maximum Gasteiger partial charge on any atom is 0.325 e. The van der Waals surface area contributed by atoms with Crippen molar-refractivity contribution in [2.24, 2.45) is 11.3 Å². The standard InChI is InChI=1S/C34H44Cl3N5O6/c1-20(2)28(29(44)38-21(3)30(45)42-17-7-8-26(41-42)31(46)48-19-34(35,36)37)40-32(47)33(14-5-6-15-33)16-13-23-9-10-24-11-12-25(22(4)43)39-27(24)18-23/h9-13,16,18,20-22,26,28,41,43H,5-8,14-15,17,19H2,1-4H3,(H,38,44)(H,40,47)/t21-,22+,26-,28-/m0/s1. The van der Waals surface area contributed by atoms with Gasteiger partial charge in [0.1, 0.15) is 24.7 Å². The molecule has 2 aromatic rings. The summed E-state index contributed by atoms with van der Waals surface area (Å²) in [7, 11) is 0. The van der Waals surface area contributed by atoms with Gasteiger partial charge in [0.25, 0.3) is 5.91 Å². The largest absolute Gasteiger partial charge is 0.460 e. The van der Waals surface area contributed by atoms with Gasteiger partial charge in [0.2, 0.25) is 15.6 Å². The second-order valence-electron chi connectivity index (χ2n) is 13.0. The molecule has 1 aromatic carbocycles. The number of hydrazine groups is 1. The van der Waals surface area contributed by atoms with Crippen molar-refractivity contribution in [2.75, 3.05) is 13.2 Å².